The maximum Gasteiger partial charge on any atom is 0.317 e. The van der Waals surface area contributed by atoms with E-state index in [-0.39, 0.29) is 11.4 Å². The van der Waals surface area contributed by atoms with Crippen LogP contribution in [0.1, 0.15) is 37.7 Å². The van der Waals surface area contributed by atoms with Crippen LogP contribution in [0.25, 0.3) is 0 Å². The van der Waals surface area contributed by atoms with E-state index >= 15 is 0 Å². The van der Waals surface area contributed by atoms with Crippen LogP contribution in [0, 0.1) is 5.41 Å². The van der Waals surface area contributed by atoms with Crippen LogP contribution in [0.2, 0.25) is 0 Å². The van der Waals surface area contributed by atoms with Crippen LogP contribution in [0.15, 0.2) is 30.3 Å². The fraction of sp³-hybridized carbons (Fsp3) is 0.632. The highest BCUT2D eigenvalue weighted by molar-refractivity contribution is 5.74. The second-order valence-electron chi connectivity index (χ2n) is 7.37. The van der Waals surface area contributed by atoms with Gasteiger partial charge in [0.1, 0.15) is 5.60 Å². The molecule has 1 saturated carbocycles. The van der Waals surface area contributed by atoms with Crippen molar-refractivity contribution in [1.82, 2.24) is 10.2 Å². The summed E-state index contributed by atoms with van der Waals surface area (Å²) >= 11 is 0. The molecule has 1 aromatic rings. The van der Waals surface area contributed by atoms with Gasteiger partial charge in [0.05, 0.1) is 13.2 Å². The Morgan fingerprint density at radius 3 is 2.62 bits per heavy atom. The highest BCUT2D eigenvalue weighted by Crippen LogP contribution is 2.38. The van der Waals surface area contributed by atoms with Crippen molar-refractivity contribution in [3.63, 3.8) is 0 Å². The topological polar surface area (TPSA) is 61.8 Å². The van der Waals surface area contributed by atoms with Crippen molar-refractivity contribution < 1.29 is 14.6 Å². The second-order valence-corrected chi connectivity index (χ2v) is 7.37. The summed E-state index contributed by atoms with van der Waals surface area (Å²) in [4.78, 5) is 14.3. The van der Waals surface area contributed by atoms with Crippen LogP contribution >= 0.6 is 0 Å². The summed E-state index contributed by atoms with van der Waals surface area (Å²) in [6, 6.07) is 9.55. The van der Waals surface area contributed by atoms with Gasteiger partial charge in [0, 0.05) is 25.6 Å². The second kappa shape index (κ2) is 7.11. The predicted octanol–water partition coefficient (Wildman–Crippen LogP) is 2.50. The number of nitrogens with zero attached hydrogens (tertiary/aromatic N) is 1. The summed E-state index contributed by atoms with van der Waals surface area (Å²) in [5.74, 6) is 0. The number of hydrogen-bond acceptors (Lipinski definition) is 3. The minimum Gasteiger partial charge on any atom is -0.384 e. The maximum atomic E-state index is 12.5. The molecule has 5 heteroatoms. The molecule has 2 amide bonds. The first kappa shape index (κ1) is 17.2. The van der Waals surface area contributed by atoms with Crippen molar-refractivity contribution in [2.24, 2.45) is 5.41 Å². The number of urea groups is 1. The van der Waals surface area contributed by atoms with Crippen LogP contribution in [-0.4, -0.2) is 49.4 Å². The monoisotopic (exact) mass is 332 g/mol. The van der Waals surface area contributed by atoms with Crippen LogP contribution in [0.3, 0.4) is 0 Å². The Balaban J connectivity index is 1.57. The van der Waals surface area contributed by atoms with Crippen molar-refractivity contribution >= 4 is 6.03 Å². The predicted molar refractivity (Wildman–Crippen MR) is 92.7 cm³/mol. The Labute approximate surface area is 144 Å². The fourth-order valence-electron chi connectivity index (χ4n) is 4.13. The van der Waals surface area contributed by atoms with Gasteiger partial charge in [0.15, 0.2) is 0 Å². The molecule has 1 atom stereocenters. The summed E-state index contributed by atoms with van der Waals surface area (Å²) in [6.45, 7) is 2.27. The normalized spacial score (nSPS) is 25.8. The number of carbonyl (C=O) groups is 1. The number of nitrogens with one attached hydrogen (secondary N) is 1. The van der Waals surface area contributed by atoms with Crippen LogP contribution in [0.4, 0.5) is 4.79 Å². The molecule has 1 heterocycles. The summed E-state index contributed by atoms with van der Waals surface area (Å²) in [6.07, 6.45) is 5.20. The number of ether oxygens (including phenoxy) is 1. The highest BCUT2D eigenvalue weighted by Gasteiger charge is 2.40. The van der Waals surface area contributed by atoms with Gasteiger partial charge in [-0.15, -0.1) is 0 Å². The molecule has 2 N–H and O–H groups in total. The van der Waals surface area contributed by atoms with Gasteiger partial charge in [0.25, 0.3) is 0 Å². The van der Waals surface area contributed by atoms with Crippen molar-refractivity contribution in [2.75, 3.05) is 33.4 Å². The van der Waals surface area contributed by atoms with Crippen molar-refractivity contribution in [1.29, 1.82) is 0 Å². The van der Waals surface area contributed by atoms with Gasteiger partial charge in [-0.2, -0.15) is 0 Å². The smallest absolute Gasteiger partial charge is 0.317 e. The lowest BCUT2D eigenvalue weighted by atomic mass is 9.87. The molecule has 0 unspecified atom stereocenters. The van der Waals surface area contributed by atoms with Crippen LogP contribution < -0.4 is 5.32 Å². The first-order valence-corrected chi connectivity index (χ1v) is 8.87. The van der Waals surface area contributed by atoms with E-state index in [9.17, 15) is 9.90 Å². The van der Waals surface area contributed by atoms with E-state index in [0.29, 0.717) is 32.7 Å². The van der Waals surface area contributed by atoms with E-state index in [4.69, 9.17) is 4.74 Å². The highest BCUT2D eigenvalue weighted by atomic mass is 16.5. The Morgan fingerprint density at radius 2 is 1.96 bits per heavy atom. The lowest BCUT2D eigenvalue weighted by Crippen LogP contribution is -2.45. The molecule has 2 fully saturated rings. The summed E-state index contributed by atoms with van der Waals surface area (Å²) in [7, 11) is 1.72. The molecule has 1 aromatic carbocycles. The number of benzene rings is 1. The van der Waals surface area contributed by atoms with Crippen molar-refractivity contribution in [3.8, 4) is 0 Å². The quantitative estimate of drug-likeness (QED) is 0.871. The Bertz CT molecular complexity index is 557. The third kappa shape index (κ3) is 3.57. The molecule has 1 aliphatic carbocycles. The minimum absolute atomic E-state index is 0.0794. The average molecular weight is 332 g/mol. The molecule has 1 aliphatic heterocycles. The molecule has 0 radical (unpaired) electrons. The Morgan fingerprint density at radius 1 is 1.25 bits per heavy atom. The Hall–Kier alpha value is -1.59. The number of β-amino-alcohol motifs (C(OH)–C–C–N with tert-alkyl or cyclic N) is 1. The lowest BCUT2D eigenvalue weighted by Gasteiger charge is -2.30. The van der Waals surface area contributed by atoms with E-state index < -0.39 is 5.60 Å². The van der Waals surface area contributed by atoms with Gasteiger partial charge < -0.3 is 20.1 Å². The SMILES string of the molecule is COCC1(CNC(=O)N2CC[C@](O)(c3ccccc3)C2)CCCC1. The van der Waals surface area contributed by atoms with Gasteiger partial charge in [-0.25, -0.2) is 4.79 Å². The zero-order valence-electron chi connectivity index (χ0n) is 14.5. The summed E-state index contributed by atoms with van der Waals surface area (Å²) < 4.78 is 5.37. The van der Waals surface area contributed by atoms with Crippen molar-refractivity contribution in [2.45, 2.75) is 37.7 Å². The molecule has 0 bridgehead atoms. The van der Waals surface area contributed by atoms with Gasteiger partial charge in [-0.1, -0.05) is 43.2 Å². The van der Waals surface area contributed by atoms with Gasteiger partial charge in [-0.3, -0.25) is 0 Å². The molecule has 0 spiro atoms. The van der Waals surface area contributed by atoms with E-state index in [1.165, 1.54) is 12.8 Å². The van der Waals surface area contributed by atoms with Gasteiger partial charge >= 0.3 is 6.03 Å². The maximum absolute atomic E-state index is 12.5. The van der Waals surface area contributed by atoms with Crippen LogP contribution in [0.5, 0.6) is 0 Å². The molecule has 2 aliphatic rings. The number of hydrogen-bond donors (Lipinski definition) is 2. The minimum atomic E-state index is -0.934. The Kier molecular flexibility index (Phi) is 5.11. The number of rotatable bonds is 5. The molecule has 24 heavy (non-hydrogen) atoms. The molecule has 5 nitrogen and oxygen atoms in total. The lowest BCUT2D eigenvalue weighted by molar-refractivity contribution is 0.0486. The number of likely N-dealkylation sites (tertiary alicyclic amines) is 1. The summed E-state index contributed by atoms with van der Waals surface area (Å²) in [5.41, 5.74) is 0.0303. The zero-order valence-corrected chi connectivity index (χ0v) is 14.5. The van der Waals surface area contributed by atoms with E-state index in [1.807, 2.05) is 30.3 Å². The largest absolute Gasteiger partial charge is 0.384 e. The number of aliphatic hydroxyl groups is 1. The molecule has 3 rings (SSSR count). The number of amides is 2. The van der Waals surface area contributed by atoms with Crippen molar-refractivity contribution in [3.05, 3.63) is 35.9 Å². The van der Waals surface area contributed by atoms with E-state index in [2.05, 4.69) is 5.32 Å². The first-order valence-electron chi connectivity index (χ1n) is 8.87. The number of carbonyl (C=O) groups excluding carboxylic acids is 1. The molecular weight excluding hydrogens is 304 g/mol. The van der Waals surface area contributed by atoms with E-state index in [1.54, 1.807) is 12.0 Å². The van der Waals surface area contributed by atoms with Gasteiger partial charge in [-0.05, 0) is 24.8 Å². The number of methoxy groups -OCH3 is 1. The van der Waals surface area contributed by atoms with Gasteiger partial charge in [0.2, 0.25) is 0 Å². The third-order valence-corrected chi connectivity index (χ3v) is 5.58. The zero-order chi connectivity index (χ0) is 17.0. The first-order chi connectivity index (χ1) is 11.6. The molecule has 1 saturated heterocycles. The molecule has 0 aromatic heterocycles. The summed E-state index contributed by atoms with van der Waals surface area (Å²) in [5, 5.41) is 13.9. The molecular formula is C19H28N2O3. The standard InChI is InChI=1S/C19H28N2O3/c1-24-15-18(9-5-6-10-18)13-20-17(22)21-12-11-19(23,14-21)16-7-3-2-4-8-16/h2-4,7-8,23H,5-6,9-15H2,1H3,(H,20,22)/t19-/m1/s1. The third-order valence-electron chi connectivity index (χ3n) is 5.58. The van der Waals surface area contributed by atoms with E-state index in [0.717, 1.165) is 18.4 Å². The molecule has 132 valence electrons. The average Bonchev–Trinajstić information content (AvgIpc) is 3.22. The van der Waals surface area contributed by atoms with Crippen LogP contribution in [-0.2, 0) is 10.3 Å². The fourth-order valence-corrected chi connectivity index (χ4v) is 4.13.